The molecule has 1 rings (SSSR count). The zero-order valence-corrected chi connectivity index (χ0v) is 11.2. The van der Waals surface area contributed by atoms with Crippen LogP contribution in [0, 0.1) is 5.92 Å². The van der Waals surface area contributed by atoms with Crippen LogP contribution in [0.3, 0.4) is 0 Å². The van der Waals surface area contributed by atoms with Gasteiger partial charge < -0.3 is 25.0 Å². The maximum atomic E-state index is 11.8. The molecule has 1 fully saturated rings. The number of carbonyl (C=O) groups excluding carboxylic acids is 1. The summed E-state index contributed by atoms with van der Waals surface area (Å²) in [7, 11) is 0. The van der Waals surface area contributed by atoms with Crippen LogP contribution in [0.15, 0.2) is 0 Å². The highest BCUT2D eigenvalue weighted by atomic mass is 16.7. The van der Waals surface area contributed by atoms with Crippen LogP contribution < -0.4 is 0 Å². The highest BCUT2D eigenvalue weighted by molar-refractivity contribution is 5.68. The molecule has 0 radical (unpaired) electrons. The van der Waals surface area contributed by atoms with Crippen molar-refractivity contribution in [3.05, 3.63) is 0 Å². The minimum atomic E-state index is -2.61. The summed E-state index contributed by atoms with van der Waals surface area (Å²) in [6, 6.07) is 0. The molecule has 0 aromatic carbocycles. The lowest BCUT2D eigenvalue weighted by Gasteiger charge is -2.34. The SMILES string of the molecule is CC(C)(C)OC(=O)N1CCC(CC(O)(O)O)CC1. The molecule has 1 aliphatic heterocycles. The van der Waals surface area contributed by atoms with Gasteiger partial charge >= 0.3 is 6.09 Å². The lowest BCUT2D eigenvalue weighted by Crippen LogP contribution is -2.43. The number of carbonyl (C=O) groups is 1. The fourth-order valence-corrected chi connectivity index (χ4v) is 2.03. The summed E-state index contributed by atoms with van der Waals surface area (Å²) < 4.78 is 5.25. The Kier molecular flexibility index (Phi) is 4.58. The van der Waals surface area contributed by atoms with E-state index in [4.69, 9.17) is 20.1 Å². The quantitative estimate of drug-likeness (QED) is 0.635. The van der Waals surface area contributed by atoms with Crippen molar-refractivity contribution in [1.82, 2.24) is 4.90 Å². The minimum absolute atomic E-state index is 0.00341. The molecule has 0 unspecified atom stereocenters. The van der Waals surface area contributed by atoms with Crippen LogP contribution in [-0.2, 0) is 4.74 Å². The van der Waals surface area contributed by atoms with Crippen molar-refractivity contribution >= 4 is 6.09 Å². The Balaban J connectivity index is 2.37. The normalized spacial score (nSPS) is 18.9. The number of aliphatic hydroxyl groups is 3. The van der Waals surface area contributed by atoms with Gasteiger partial charge in [-0.1, -0.05) is 0 Å². The van der Waals surface area contributed by atoms with Crippen LogP contribution in [-0.4, -0.2) is 51.0 Å². The number of amides is 1. The molecule has 0 aromatic rings. The summed E-state index contributed by atoms with van der Waals surface area (Å²) in [6.07, 6.45) is 0.824. The van der Waals surface area contributed by atoms with Gasteiger partial charge in [0, 0.05) is 19.5 Å². The number of hydrogen-bond donors (Lipinski definition) is 3. The Labute approximate surface area is 107 Å². The first-order chi connectivity index (χ1) is 8.07. The Morgan fingerprint density at radius 3 is 2.11 bits per heavy atom. The van der Waals surface area contributed by atoms with Crippen LogP contribution in [0.4, 0.5) is 4.79 Å². The van der Waals surface area contributed by atoms with E-state index in [-0.39, 0.29) is 18.4 Å². The van der Waals surface area contributed by atoms with E-state index in [1.165, 1.54) is 0 Å². The van der Waals surface area contributed by atoms with E-state index in [9.17, 15) is 4.79 Å². The maximum Gasteiger partial charge on any atom is 0.410 e. The first kappa shape index (κ1) is 15.2. The molecule has 0 bridgehead atoms. The number of nitrogens with zero attached hydrogens (tertiary/aromatic N) is 1. The van der Waals surface area contributed by atoms with E-state index in [1.807, 2.05) is 20.8 Å². The standard InChI is InChI=1S/C12H23NO5/c1-11(2,3)18-10(14)13-6-4-9(5-7-13)8-12(15,16)17/h9,15-17H,4-8H2,1-3H3. The monoisotopic (exact) mass is 261 g/mol. The number of piperidine rings is 1. The molecule has 6 nitrogen and oxygen atoms in total. The second kappa shape index (κ2) is 5.42. The first-order valence-corrected chi connectivity index (χ1v) is 6.22. The number of ether oxygens (including phenoxy) is 1. The lowest BCUT2D eigenvalue weighted by molar-refractivity contribution is -0.320. The Morgan fingerprint density at radius 1 is 1.22 bits per heavy atom. The third kappa shape index (κ3) is 5.66. The Morgan fingerprint density at radius 2 is 1.72 bits per heavy atom. The van der Waals surface area contributed by atoms with Gasteiger partial charge in [-0.25, -0.2) is 4.79 Å². The zero-order valence-electron chi connectivity index (χ0n) is 11.2. The van der Waals surface area contributed by atoms with Crippen LogP contribution in [0.5, 0.6) is 0 Å². The summed E-state index contributed by atoms with van der Waals surface area (Å²) in [6.45, 7) is 6.46. The molecule has 1 heterocycles. The van der Waals surface area contributed by atoms with Gasteiger partial charge in [-0.3, -0.25) is 0 Å². The van der Waals surface area contributed by atoms with E-state index in [2.05, 4.69) is 0 Å². The molecule has 0 aliphatic carbocycles. The molecular formula is C12H23NO5. The van der Waals surface area contributed by atoms with Crippen LogP contribution in [0.25, 0.3) is 0 Å². The smallest absolute Gasteiger partial charge is 0.410 e. The van der Waals surface area contributed by atoms with Crippen LogP contribution >= 0.6 is 0 Å². The average molecular weight is 261 g/mol. The number of rotatable bonds is 2. The van der Waals surface area contributed by atoms with Gasteiger partial charge in [0.1, 0.15) is 5.60 Å². The fourth-order valence-electron chi connectivity index (χ4n) is 2.03. The molecule has 1 aliphatic rings. The molecular weight excluding hydrogens is 238 g/mol. The molecule has 0 saturated carbocycles. The maximum absolute atomic E-state index is 11.8. The van der Waals surface area contributed by atoms with Gasteiger partial charge in [0.15, 0.2) is 0 Å². The molecule has 6 heteroatoms. The van der Waals surface area contributed by atoms with Crippen LogP contribution in [0.2, 0.25) is 0 Å². The van der Waals surface area contributed by atoms with Gasteiger partial charge in [-0.2, -0.15) is 0 Å². The summed E-state index contributed by atoms with van der Waals surface area (Å²) in [5.41, 5.74) is -0.510. The fraction of sp³-hybridized carbons (Fsp3) is 0.917. The van der Waals surface area contributed by atoms with Crippen molar-refractivity contribution < 1.29 is 24.9 Å². The molecule has 0 aromatic heterocycles. The first-order valence-electron chi connectivity index (χ1n) is 6.22. The molecule has 0 atom stereocenters. The van der Waals surface area contributed by atoms with Gasteiger partial charge in [0.05, 0.1) is 0 Å². The van der Waals surface area contributed by atoms with Gasteiger partial charge in [-0.05, 0) is 39.5 Å². The van der Waals surface area contributed by atoms with Crippen molar-refractivity contribution in [2.45, 2.75) is 51.6 Å². The predicted octanol–water partition coefficient (Wildman–Crippen LogP) is 0.654. The van der Waals surface area contributed by atoms with Crippen molar-refractivity contribution in [3.63, 3.8) is 0 Å². The topological polar surface area (TPSA) is 90.2 Å². The van der Waals surface area contributed by atoms with Crippen LogP contribution in [0.1, 0.15) is 40.0 Å². The highest BCUT2D eigenvalue weighted by Gasteiger charge is 2.31. The van der Waals surface area contributed by atoms with E-state index >= 15 is 0 Å². The van der Waals surface area contributed by atoms with Crippen molar-refractivity contribution in [1.29, 1.82) is 0 Å². The van der Waals surface area contributed by atoms with Gasteiger partial charge in [-0.15, -0.1) is 0 Å². The van der Waals surface area contributed by atoms with E-state index < -0.39 is 11.6 Å². The Bertz CT molecular complexity index is 284. The van der Waals surface area contributed by atoms with E-state index in [0.717, 1.165) is 0 Å². The molecule has 106 valence electrons. The largest absolute Gasteiger partial charge is 0.444 e. The summed E-state index contributed by atoms with van der Waals surface area (Å²) in [4.78, 5) is 13.4. The second-order valence-electron chi connectivity index (χ2n) is 5.89. The predicted molar refractivity (Wildman–Crippen MR) is 64.5 cm³/mol. The van der Waals surface area contributed by atoms with Gasteiger partial charge in [0.2, 0.25) is 0 Å². The highest BCUT2D eigenvalue weighted by Crippen LogP contribution is 2.25. The van der Waals surface area contributed by atoms with Gasteiger partial charge in [0.25, 0.3) is 5.97 Å². The molecule has 1 saturated heterocycles. The summed E-state index contributed by atoms with van der Waals surface area (Å²) in [5.74, 6) is -2.61. The van der Waals surface area contributed by atoms with Crippen molar-refractivity contribution in [2.75, 3.05) is 13.1 Å². The molecule has 3 N–H and O–H groups in total. The van der Waals surface area contributed by atoms with Crippen molar-refractivity contribution in [2.24, 2.45) is 5.92 Å². The molecule has 1 amide bonds. The minimum Gasteiger partial charge on any atom is -0.444 e. The van der Waals surface area contributed by atoms with E-state index in [1.54, 1.807) is 4.90 Å². The lowest BCUT2D eigenvalue weighted by atomic mass is 9.93. The summed E-state index contributed by atoms with van der Waals surface area (Å²) >= 11 is 0. The number of likely N-dealkylation sites (tertiary alicyclic amines) is 1. The molecule has 18 heavy (non-hydrogen) atoms. The second-order valence-corrected chi connectivity index (χ2v) is 5.89. The molecule has 0 spiro atoms. The average Bonchev–Trinajstić information content (AvgIpc) is 2.13. The summed E-state index contributed by atoms with van der Waals surface area (Å²) in [5, 5.41) is 26.7. The zero-order chi connectivity index (χ0) is 14.0. The number of hydrogen-bond acceptors (Lipinski definition) is 5. The Hall–Kier alpha value is -0.850. The van der Waals surface area contributed by atoms with Crippen molar-refractivity contribution in [3.8, 4) is 0 Å². The third-order valence-corrected chi connectivity index (χ3v) is 2.83. The third-order valence-electron chi connectivity index (χ3n) is 2.83. The van der Waals surface area contributed by atoms with E-state index in [0.29, 0.717) is 25.9 Å².